The van der Waals surface area contributed by atoms with Gasteiger partial charge in [0, 0.05) is 24.9 Å². The molecular formula is C28H32N4O3. The number of ether oxygens (including phenoxy) is 1. The third-order valence-corrected chi connectivity index (χ3v) is 5.04. The van der Waals surface area contributed by atoms with Gasteiger partial charge >= 0.3 is 6.03 Å². The summed E-state index contributed by atoms with van der Waals surface area (Å²) in [6.07, 6.45) is 3.74. The Bertz CT molecular complexity index is 1080. The van der Waals surface area contributed by atoms with Gasteiger partial charge in [-0.1, -0.05) is 54.6 Å². The molecule has 7 heteroatoms. The molecule has 3 amide bonds. The lowest BCUT2D eigenvalue weighted by Gasteiger charge is -2.16. The van der Waals surface area contributed by atoms with Gasteiger partial charge < -0.3 is 25.6 Å². The minimum atomic E-state index is -0.363. The number of hydrogen-bond donors (Lipinski definition) is 3. The van der Waals surface area contributed by atoms with E-state index in [0.29, 0.717) is 24.4 Å². The van der Waals surface area contributed by atoms with Crippen LogP contribution in [-0.4, -0.2) is 50.1 Å². The van der Waals surface area contributed by atoms with Gasteiger partial charge in [-0.25, -0.2) is 4.79 Å². The second-order valence-corrected chi connectivity index (χ2v) is 8.29. The average molecular weight is 473 g/mol. The van der Waals surface area contributed by atoms with E-state index in [1.807, 2.05) is 79.7 Å². The van der Waals surface area contributed by atoms with Crippen molar-refractivity contribution >= 4 is 17.6 Å². The van der Waals surface area contributed by atoms with Crippen LogP contribution in [0.1, 0.15) is 5.56 Å². The van der Waals surface area contributed by atoms with Crippen molar-refractivity contribution in [3.63, 3.8) is 0 Å². The molecule has 7 nitrogen and oxygen atoms in total. The Balaban J connectivity index is 1.57. The Hall–Kier alpha value is -4.10. The number of rotatable bonds is 11. The summed E-state index contributed by atoms with van der Waals surface area (Å²) >= 11 is 0. The number of carbonyl (C=O) groups excluding carboxylic acids is 2. The maximum atomic E-state index is 12.7. The third-order valence-electron chi connectivity index (χ3n) is 5.04. The number of likely N-dealkylation sites (N-methyl/N-ethyl adjacent to an activating group) is 1. The summed E-state index contributed by atoms with van der Waals surface area (Å²) in [4.78, 5) is 26.8. The van der Waals surface area contributed by atoms with Gasteiger partial charge in [0.05, 0.1) is 6.04 Å². The number of amides is 3. The van der Waals surface area contributed by atoms with Crippen LogP contribution in [0.15, 0.2) is 97.1 Å². The molecule has 3 aromatic carbocycles. The van der Waals surface area contributed by atoms with Gasteiger partial charge in [0.15, 0.2) is 0 Å². The zero-order valence-corrected chi connectivity index (χ0v) is 20.1. The molecule has 1 atom stereocenters. The van der Waals surface area contributed by atoms with E-state index >= 15 is 0 Å². The van der Waals surface area contributed by atoms with Gasteiger partial charge in [-0.2, -0.15) is 0 Å². The van der Waals surface area contributed by atoms with Gasteiger partial charge in [0.25, 0.3) is 0 Å². The highest BCUT2D eigenvalue weighted by molar-refractivity contribution is 5.90. The maximum Gasteiger partial charge on any atom is 0.319 e. The van der Waals surface area contributed by atoms with E-state index in [2.05, 4.69) is 16.0 Å². The number of anilines is 1. The SMILES string of the molecule is CN(C)CCNC(=O)/C=C/[C@H](Cc1ccccc1)NC(=O)Nc1ccc(Oc2ccccc2)cc1. The van der Waals surface area contributed by atoms with Crippen LogP contribution in [0.2, 0.25) is 0 Å². The molecule has 0 spiro atoms. The molecular weight excluding hydrogens is 440 g/mol. The van der Waals surface area contributed by atoms with Gasteiger partial charge in [0.1, 0.15) is 11.5 Å². The van der Waals surface area contributed by atoms with E-state index in [1.54, 1.807) is 30.3 Å². The minimum Gasteiger partial charge on any atom is -0.457 e. The van der Waals surface area contributed by atoms with Crippen molar-refractivity contribution in [1.29, 1.82) is 0 Å². The number of benzene rings is 3. The second-order valence-electron chi connectivity index (χ2n) is 8.29. The highest BCUT2D eigenvalue weighted by atomic mass is 16.5. The molecule has 3 aromatic rings. The van der Waals surface area contributed by atoms with Crippen LogP contribution < -0.4 is 20.7 Å². The molecule has 3 rings (SSSR count). The highest BCUT2D eigenvalue weighted by Gasteiger charge is 2.12. The molecule has 0 saturated carbocycles. The van der Waals surface area contributed by atoms with Crippen molar-refractivity contribution in [1.82, 2.24) is 15.5 Å². The number of nitrogens with one attached hydrogen (secondary N) is 3. The van der Waals surface area contributed by atoms with Crippen LogP contribution in [0.5, 0.6) is 11.5 Å². The van der Waals surface area contributed by atoms with E-state index in [-0.39, 0.29) is 18.0 Å². The number of hydrogen-bond acceptors (Lipinski definition) is 4. The molecule has 0 aliphatic rings. The largest absolute Gasteiger partial charge is 0.457 e. The van der Waals surface area contributed by atoms with Gasteiger partial charge in [0.2, 0.25) is 5.91 Å². The predicted octanol–water partition coefficient (Wildman–Crippen LogP) is 4.45. The average Bonchev–Trinajstić information content (AvgIpc) is 2.85. The lowest BCUT2D eigenvalue weighted by molar-refractivity contribution is -0.116. The first-order valence-electron chi connectivity index (χ1n) is 11.5. The fourth-order valence-electron chi connectivity index (χ4n) is 3.27. The molecule has 0 aromatic heterocycles. The number of urea groups is 1. The van der Waals surface area contributed by atoms with Crippen molar-refractivity contribution in [3.8, 4) is 11.5 Å². The fraction of sp³-hybridized carbons (Fsp3) is 0.214. The number of para-hydroxylation sites is 1. The third kappa shape index (κ3) is 9.73. The molecule has 0 fully saturated rings. The highest BCUT2D eigenvalue weighted by Crippen LogP contribution is 2.22. The molecule has 0 aliphatic carbocycles. The summed E-state index contributed by atoms with van der Waals surface area (Å²) in [6.45, 7) is 1.31. The summed E-state index contributed by atoms with van der Waals surface area (Å²) in [7, 11) is 3.90. The first-order chi connectivity index (χ1) is 17.0. The van der Waals surface area contributed by atoms with Crippen LogP contribution in [-0.2, 0) is 11.2 Å². The molecule has 0 unspecified atom stereocenters. The summed E-state index contributed by atoms with van der Waals surface area (Å²) in [5, 5.41) is 8.62. The Morgan fingerprint density at radius 2 is 1.51 bits per heavy atom. The van der Waals surface area contributed by atoms with Crippen molar-refractivity contribution in [2.45, 2.75) is 12.5 Å². The van der Waals surface area contributed by atoms with Gasteiger partial charge in [-0.3, -0.25) is 4.79 Å². The molecule has 182 valence electrons. The molecule has 0 bridgehead atoms. The summed E-state index contributed by atoms with van der Waals surface area (Å²) in [5.74, 6) is 1.22. The van der Waals surface area contributed by atoms with Crippen molar-refractivity contribution in [2.24, 2.45) is 0 Å². The standard InChI is InChI=1S/C28H32N4O3/c1-32(2)20-19-29-27(33)18-15-24(21-22-9-5-3-6-10-22)31-28(34)30-23-13-16-26(17-14-23)35-25-11-7-4-8-12-25/h3-18,24H,19-21H2,1-2H3,(H,29,33)(H2,30,31,34)/b18-15+/t24-/m1/s1. The zero-order chi connectivity index (χ0) is 24.9. The Morgan fingerprint density at radius 3 is 2.17 bits per heavy atom. The normalized spacial score (nSPS) is 11.7. The lowest BCUT2D eigenvalue weighted by atomic mass is 10.1. The summed E-state index contributed by atoms with van der Waals surface area (Å²) in [6, 6.07) is 25.7. The fourth-order valence-corrected chi connectivity index (χ4v) is 3.27. The first-order valence-corrected chi connectivity index (χ1v) is 11.5. The molecule has 3 N–H and O–H groups in total. The van der Waals surface area contributed by atoms with Crippen molar-refractivity contribution < 1.29 is 14.3 Å². The van der Waals surface area contributed by atoms with Crippen LogP contribution in [0.4, 0.5) is 10.5 Å². The van der Waals surface area contributed by atoms with E-state index in [1.165, 1.54) is 6.08 Å². The van der Waals surface area contributed by atoms with Crippen LogP contribution >= 0.6 is 0 Å². The van der Waals surface area contributed by atoms with Crippen molar-refractivity contribution in [2.75, 3.05) is 32.5 Å². The number of nitrogens with zero attached hydrogens (tertiary/aromatic N) is 1. The second kappa shape index (κ2) is 13.6. The molecule has 35 heavy (non-hydrogen) atoms. The van der Waals surface area contributed by atoms with E-state index in [9.17, 15) is 9.59 Å². The topological polar surface area (TPSA) is 82.7 Å². The Labute approximate surface area is 206 Å². The van der Waals surface area contributed by atoms with Crippen LogP contribution in [0.25, 0.3) is 0 Å². The van der Waals surface area contributed by atoms with E-state index in [0.717, 1.165) is 17.9 Å². The van der Waals surface area contributed by atoms with Gasteiger partial charge in [-0.15, -0.1) is 0 Å². The van der Waals surface area contributed by atoms with Crippen molar-refractivity contribution in [3.05, 3.63) is 103 Å². The molecule has 0 radical (unpaired) electrons. The van der Waals surface area contributed by atoms with E-state index in [4.69, 9.17) is 4.74 Å². The Morgan fingerprint density at radius 1 is 0.886 bits per heavy atom. The molecule has 0 saturated heterocycles. The zero-order valence-electron chi connectivity index (χ0n) is 20.1. The monoisotopic (exact) mass is 472 g/mol. The van der Waals surface area contributed by atoms with E-state index < -0.39 is 0 Å². The van der Waals surface area contributed by atoms with Crippen LogP contribution in [0.3, 0.4) is 0 Å². The first kappa shape index (κ1) is 25.5. The minimum absolute atomic E-state index is 0.193. The Kier molecular flexibility index (Phi) is 9.89. The smallest absolute Gasteiger partial charge is 0.319 e. The summed E-state index contributed by atoms with van der Waals surface area (Å²) in [5.41, 5.74) is 1.68. The van der Waals surface area contributed by atoms with Crippen LogP contribution in [0, 0.1) is 0 Å². The molecule has 0 aliphatic heterocycles. The quantitative estimate of drug-likeness (QED) is 0.360. The maximum absolute atomic E-state index is 12.7. The summed E-state index contributed by atoms with van der Waals surface area (Å²) < 4.78 is 5.79. The lowest BCUT2D eigenvalue weighted by Crippen LogP contribution is -2.38. The predicted molar refractivity (Wildman–Crippen MR) is 140 cm³/mol. The number of carbonyl (C=O) groups is 2. The molecule has 0 heterocycles. The van der Waals surface area contributed by atoms with Gasteiger partial charge in [-0.05, 0) is 62.5 Å².